The van der Waals surface area contributed by atoms with Crippen LogP contribution in [0.15, 0.2) is 36.7 Å². The predicted octanol–water partition coefficient (Wildman–Crippen LogP) is 2.20. The Labute approximate surface area is 134 Å². The number of aromatic nitrogens is 4. The SMILES string of the molecule is COC(CO)CCn1cnc2c(-c3ccccc3)nc(C)nc21. The highest BCUT2D eigenvalue weighted by atomic mass is 16.5. The molecule has 2 aromatic heterocycles. The molecule has 0 bridgehead atoms. The van der Waals surface area contributed by atoms with Crippen LogP contribution in [0.2, 0.25) is 0 Å². The summed E-state index contributed by atoms with van der Waals surface area (Å²) in [7, 11) is 1.60. The molecule has 0 aliphatic rings. The van der Waals surface area contributed by atoms with Gasteiger partial charge < -0.3 is 14.4 Å². The number of aliphatic hydroxyl groups excluding tert-OH is 1. The first-order chi connectivity index (χ1) is 11.2. The lowest BCUT2D eigenvalue weighted by atomic mass is 10.1. The zero-order chi connectivity index (χ0) is 16.2. The van der Waals surface area contributed by atoms with E-state index in [4.69, 9.17) is 4.74 Å². The number of aliphatic hydroxyl groups is 1. The average Bonchev–Trinajstić information content (AvgIpc) is 2.99. The minimum atomic E-state index is -0.177. The van der Waals surface area contributed by atoms with Gasteiger partial charge in [0.2, 0.25) is 0 Å². The summed E-state index contributed by atoms with van der Waals surface area (Å²) in [5.41, 5.74) is 3.47. The molecule has 1 unspecified atom stereocenters. The summed E-state index contributed by atoms with van der Waals surface area (Å²) >= 11 is 0. The molecule has 0 saturated carbocycles. The number of aryl methyl sites for hydroxylation is 2. The molecule has 1 N–H and O–H groups in total. The van der Waals surface area contributed by atoms with Crippen molar-refractivity contribution in [2.45, 2.75) is 26.0 Å². The Bertz CT molecular complexity index is 782. The smallest absolute Gasteiger partial charge is 0.164 e. The van der Waals surface area contributed by atoms with Crippen LogP contribution in [0.3, 0.4) is 0 Å². The zero-order valence-electron chi connectivity index (χ0n) is 13.3. The summed E-state index contributed by atoms with van der Waals surface area (Å²) in [6.07, 6.45) is 2.29. The van der Waals surface area contributed by atoms with Gasteiger partial charge in [-0.2, -0.15) is 0 Å². The molecule has 6 nitrogen and oxygen atoms in total. The van der Waals surface area contributed by atoms with Crippen LogP contribution in [0.5, 0.6) is 0 Å². The number of rotatable bonds is 6. The fourth-order valence-electron chi connectivity index (χ4n) is 2.58. The molecule has 23 heavy (non-hydrogen) atoms. The molecule has 3 aromatic rings. The fraction of sp³-hybridized carbons (Fsp3) is 0.353. The predicted molar refractivity (Wildman–Crippen MR) is 88.0 cm³/mol. The van der Waals surface area contributed by atoms with E-state index in [1.54, 1.807) is 13.4 Å². The maximum Gasteiger partial charge on any atom is 0.164 e. The van der Waals surface area contributed by atoms with Crippen molar-refractivity contribution in [1.82, 2.24) is 19.5 Å². The van der Waals surface area contributed by atoms with Crippen molar-refractivity contribution in [2.75, 3.05) is 13.7 Å². The van der Waals surface area contributed by atoms with E-state index >= 15 is 0 Å². The lowest BCUT2D eigenvalue weighted by Crippen LogP contribution is -2.18. The van der Waals surface area contributed by atoms with Gasteiger partial charge in [0.1, 0.15) is 17.0 Å². The van der Waals surface area contributed by atoms with E-state index in [1.807, 2.05) is 41.8 Å². The van der Waals surface area contributed by atoms with Crippen LogP contribution in [0.4, 0.5) is 0 Å². The molecular weight excluding hydrogens is 292 g/mol. The number of benzene rings is 1. The molecule has 0 aliphatic heterocycles. The van der Waals surface area contributed by atoms with E-state index in [9.17, 15) is 5.11 Å². The van der Waals surface area contributed by atoms with Gasteiger partial charge >= 0.3 is 0 Å². The second-order valence-electron chi connectivity index (χ2n) is 5.42. The van der Waals surface area contributed by atoms with Crippen molar-refractivity contribution in [1.29, 1.82) is 0 Å². The number of hydrogen-bond acceptors (Lipinski definition) is 5. The molecule has 3 rings (SSSR count). The highest BCUT2D eigenvalue weighted by Gasteiger charge is 2.14. The summed E-state index contributed by atoms with van der Waals surface area (Å²) in [6.45, 7) is 2.57. The van der Waals surface area contributed by atoms with E-state index in [0.29, 0.717) is 18.8 Å². The van der Waals surface area contributed by atoms with E-state index < -0.39 is 0 Å². The first-order valence-corrected chi connectivity index (χ1v) is 7.61. The summed E-state index contributed by atoms with van der Waals surface area (Å²) in [5, 5.41) is 9.23. The Kier molecular flexibility index (Phi) is 4.64. The van der Waals surface area contributed by atoms with E-state index in [2.05, 4.69) is 15.0 Å². The molecule has 0 spiro atoms. The van der Waals surface area contributed by atoms with Gasteiger partial charge in [-0.05, 0) is 13.3 Å². The summed E-state index contributed by atoms with van der Waals surface area (Å²) in [5.74, 6) is 0.712. The average molecular weight is 312 g/mol. The quantitative estimate of drug-likeness (QED) is 0.755. The summed E-state index contributed by atoms with van der Waals surface area (Å²) in [4.78, 5) is 13.6. The van der Waals surface area contributed by atoms with E-state index in [-0.39, 0.29) is 12.7 Å². The first-order valence-electron chi connectivity index (χ1n) is 7.61. The first kappa shape index (κ1) is 15.6. The Hall–Kier alpha value is -2.31. The van der Waals surface area contributed by atoms with Crippen LogP contribution in [0.1, 0.15) is 12.2 Å². The Morgan fingerprint density at radius 2 is 2.00 bits per heavy atom. The number of imidazole rings is 1. The van der Waals surface area contributed by atoms with Gasteiger partial charge in [-0.1, -0.05) is 30.3 Å². The van der Waals surface area contributed by atoms with Crippen LogP contribution in [-0.2, 0) is 11.3 Å². The standard InChI is InChI=1S/C17H20N4O2/c1-12-19-15(13-6-4-3-5-7-13)16-17(20-12)21(11-18-16)9-8-14(10-22)23-2/h3-7,11,14,22H,8-10H2,1-2H3. The van der Waals surface area contributed by atoms with Crippen LogP contribution < -0.4 is 0 Å². The molecule has 0 amide bonds. The Morgan fingerprint density at radius 1 is 1.22 bits per heavy atom. The third-order valence-electron chi connectivity index (χ3n) is 3.85. The number of hydrogen-bond donors (Lipinski definition) is 1. The fourth-order valence-corrected chi connectivity index (χ4v) is 2.58. The molecule has 1 atom stereocenters. The summed E-state index contributed by atoms with van der Waals surface area (Å²) in [6, 6.07) is 9.99. The van der Waals surface area contributed by atoms with Crippen LogP contribution in [-0.4, -0.2) is 44.4 Å². The van der Waals surface area contributed by atoms with Crippen LogP contribution >= 0.6 is 0 Å². The van der Waals surface area contributed by atoms with Crippen LogP contribution in [0, 0.1) is 6.92 Å². The number of fused-ring (bicyclic) bond motifs is 1. The second-order valence-corrected chi connectivity index (χ2v) is 5.42. The highest BCUT2D eigenvalue weighted by molar-refractivity contribution is 5.87. The van der Waals surface area contributed by atoms with Crippen molar-refractivity contribution in [3.05, 3.63) is 42.5 Å². The normalized spacial score (nSPS) is 12.7. The van der Waals surface area contributed by atoms with Gasteiger partial charge in [0.15, 0.2) is 5.65 Å². The monoisotopic (exact) mass is 312 g/mol. The van der Waals surface area contributed by atoms with Gasteiger partial charge in [0.05, 0.1) is 19.0 Å². The van der Waals surface area contributed by atoms with Crippen molar-refractivity contribution >= 4 is 11.2 Å². The van der Waals surface area contributed by atoms with Gasteiger partial charge in [-0.15, -0.1) is 0 Å². The zero-order valence-corrected chi connectivity index (χ0v) is 13.3. The maximum atomic E-state index is 9.23. The second kappa shape index (κ2) is 6.85. The molecule has 0 fully saturated rings. The maximum absolute atomic E-state index is 9.23. The molecule has 2 heterocycles. The third kappa shape index (κ3) is 3.23. The lowest BCUT2D eigenvalue weighted by Gasteiger charge is -2.12. The summed E-state index contributed by atoms with van der Waals surface area (Å²) < 4.78 is 7.19. The highest BCUT2D eigenvalue weighted by Crippen LogP contribution is 2.25. The van der Waals surface area contributed by atoms with Gasteiger partial charge in [-0.3, -0.25) is 0 Å². The minimum absolute atomic E-state index is 0.00636. The van der Waals surface area contributed by atoms with E-state index in [0.717, 1.165) is 22.4 Å². The minimum Gasteiger partial charge on any atom is -0.394 e. The molecular formula is C17H20N4O2. The molecule has 0 saturated heterocycles. The topological polar surface area (TPSA) is 73.1 Å². The number of methoxy groups -OCH3 is 1. The van der Waals surface area contributed by atoms with Crippen molar-refractivity contribution in [2.24, 2.45) is 0 Å². The largest absolute Gasteiger partial charge is 0.394 e. The van der Waals surface area contributed by atoms with Crippen molar-refractivity contribution < 1.29 is 9.84 Å². The van der Waals surface area contributed by atoms with Gasteiger partial charge in [0, 0.05) is 19.2 Å². The van der Waals surface area contributed by atoms with Crippen molar-refractivity contribution in [3.8, 4) is 11.3 Å². The van der Waals surface area contributed by atoms with Crippen molar-refractivity contribution in [3.63, 3.8) is 0 Å². The molecule has 120 valence electrons. The third-order valence-corrected chi connectivity index (χ3v) is 3.85. The number of nitrogens with zero attached hydrogens (tertiary/aromatic N) is 4. The van der Waals surface area contributed by atoms with E-state index in [1.165, 1.54) is 0 Å². The molecule has 0 aliphatic carbocycles. The molecule has 1 aromatic carbocycles. The Balaban J connectivity index is 1.99. The molecule has 0 radical (unpaired) electrons. The van der Waals surface area contributed by atoms with Gasteiger partial charge in [0.25, 0.3) is 0 Å². The number of ether oxygens (including phenoxy) is 1. The Morgan fingerprint density at radius 3 is 2.70 bits per heavy atom. The molecule has 6 heteroatoms. The lowest BCUT2D eigenvalue weighted by molar-refractivity contribution is 0.0405. The van der Waals surface area contributed by atoms with Crippen LogP contribution in [0.25, 0.3) is 22.4 Å². The van der Waals surface area contributed by atoms with Gasteiger partial charge in [-0.25, -0.2) is 15.0 Å².